The van der Waals surface area contributed by atoms with Crippen LogP contribution < -0.4 is 10.0 Å². The molecular weight excluding hydrogens is 278 g/mol. The zero-order valence-electron chi connectivity index (χ0n) is 13.4. The molecule has 1 saturated carbocycles. The molecule has 4 heteroatoms. The van der Waals surface area contributed by atoms with Crippen molar-refractivity contribution in [2.24, 2.45) is 16.7 Å². The summed E-state index contributed by atoms with van der Waals surface area (Å²) in [4.78, 5) is 26.5. The molecule has 118 valence electrons. The van der Waals surface area contributed by atoms with Crippen LogP contribution in [-0.4, -0.2) is 18.4 Å². The third-order valence-electron chi connectivity index (χ3n) is 6.13. The minimum Gasteiger partial charge on any atom is -0.550 e. The molecule has 1 heterocycles. The molecule has 1 aliphatic heterocycles. The zero-order valence-corrected chi connectivity index (χ0v) is 13.4. The number of amides is 1. The second-order valence-corrected chi connectivity index (χ2v) is 7.30. The van der Waals surface area contributed by atoms with Gasteiger partial charge in [-0.15, -0.1) is 0 Å². The maximum atomic E-state index is 13.0. The van der Waals surface area contributed by atoms with Crippen LogP contribution in [0.4, 0.5) is 5.69 Å². The Balaban J connectivity index is 1.90. The molecule has 3 rings (SSSR count). The van der Waals surface area contributed by atoms with Crippen LogP contribution in [0.3, 0.4) is 0 Å². The highest BCUT2D eigenvalue weighted by Crippen LogP contribution is 2.56. The van der Waals surface area contributed by atoms with Crippen LogP contribution in [0.2, 0.25) is 0 Å². The molecule has 22 heavy (non-hydrogen) atoms. The van der Waals surface area contributed by atoms with E-state index in [1.807, 2.05) is 43.0 Å². The van der Waals surface area contributed by atoms with Crippen molar-refractivity contribution < 1.29 is 14.7 Å². The lowest BCUT2D eigenvalue weighted by molar-refractivity contribution is -0.323. The molecule has 0 radical (unpaired) electrons. The first-order valence-electron chi connectivity index (χ1n) is 7.90. The van der Waals surface area contributed by atoms with Crippen molar-refractivity contribution in [2.75, 3.05) is 11.4 Å². The number of benzene rings is 1. The fourth-order valence-electron chi connectivity index (χ4n) is 4.05. The molecule has 0 N–H and O–H groups in total. The largest absolute Gasteiger partial charge is 0.550 e. The van der Waals surface area contributed by atoms with Crippen LogP contribution in [0.25, 0.3) is 0 Å². The summed E-state index contributed by atoms with van der Waals surface area (Å²) in [5, 5.41) is 11.6. The Hall–Kier alpha value is -1.84. The summed E-state index contributed by atoms with van der Waals surface area (Å²) in [7, 11) is 0. The number of carboxylic acids is 1. The number of fused-ring (bicyclic) bond motifs is 1. The van der Waals surface area contributed by atoms with Crippen LogP contribution >= 0.6 is 0 Å². The van der Waals surface area contributed by atoms with E-state index in [-0.39, 0.29) is 11.8 Å². The van der Waals surface area contributed by atoms with Crippen molar-refractivity contribution in [2.45, 2.75) is 40.0 Å². The number of nitrogens with zero attached hydrogens (tertiary/aromatic N) is 1. The third-order valence-corrected chi connectivity index (χ3v) is 6.13. The van der Waals surface area contributed by atoms with E-state index >= 15 is 0 Å². The van der Waals surface area contributed by atoms with Crippen molar-refractivity contribution in [1.29, 1.82) is 0 Å². The Morgan fingerprint density at radius 3 is 2.55 bits per heavy atom. The molecule has 2 atom stereocenters. The molecule has 0 aromatic heterocycles. The predicted molar refractivity (Wildman–Crippen MR) is 82.1 cm³/mol. The highest BCUT2D eigenvalue weighted by atomic mass is 16.4. The predicted octanol–water partition coefficient (Wildman–Crippen LogP) is 1.77. The molecule has 1 aromatic rings. The van der Waals surface area contributed by atoms with Crippen molar-refractivity contribution in [1.82, 2.24) is 0 Å². The Morgan fingerprint density at radius 2 is 1.91 bits per heavy atom. The van der Waals surface area contributed by atoms with E-state index in [0.717, 1.165) is 12.1 Å². The van der Waals surface area contributed by atoms with E-state index in [0.29, 0.717) is 19.4 Å². The molecular formula is C18H22NO3-. The summed E-state index contributed by atoms with van der Waals surface area (Å²) < 4.78 is 0. The number of hydrogen-bond acceptors (Lipinski definition) is 3. The van der Waals surface area contributed by atoms with Crippen LogP contribution in [0.5, 0.6) is 0 Å². The molecule has 0 spiro atoms. The van der Waals surface area contributed by atoms with Gasteiger partial charge in [0.15, 0.2) is 0 Å². The first-order valence-corrected chi connectivity index (χ1v) is 7.90. The Labute approximate surface area is 131 Å². The third kappa shape index (κ3) is 1.89. The summed E-state index contributed by atoms with van der Waals surface area (Å²) in [5.41, 5.74) is 0.604. The Bertz CT molecular complexity index is 637. The fourth-order valence-corrected chi connectivity index (χ4v) is 4.05. The smallest absolute Gasteiger partial charge is 0.230 e. The summed E-state index contributed by atoms with van der Waals surface area (Å²) in [6, 6.07) is 7.95. The molecule has 1 fully saturated rings. The van der Waals surface area contributed by atoms with Crippen LogP contribution in [-0.2, 0) is 16.0 Å². The van der Waals surface area contributed by atoms with Gasteiger partial charge in [0.2, 0.25) is 5.91 Å². The van der Waals surface area contributed by atoms with E-state index in [1.165, 1.54) is 5.56 Å². The molecule has 0 saturated heterocycles. The lowest BCUT2D eigenvalue weighted by Crippen LogP contribution is -2.50. The maximum absolute atomic E-state index is 13.0. The molecule has 0 unspecified atom stereocenters. The minimum absolute atomic E-state index is 0.0555. The van der Waals surface area contributed by atoms with E-state index in [1.54, 1.807) is 6.92 Å². The van der Waals surface area contributed by atoms with Gasteiger partial charge in [-0.05, 0) is 36.3 Å². The standard InChI is InChI=1S/C18H23NO3/c1-17(2)13(8-10-18(17,3)16(21)22)15(20)19-11-9-12-6-4-5-7-14(12)19/h4-7,13H,8-11H2,1-3H3,(H,21,22)/p-1/t13-,18-/m0/s1. The summed E-state index contributed by atoms with van der Waals surface area (Å²) in [6.07, 6.45) is 1.97. The van der Waals surface area contributed by atoms with Crippen LogP contribution in [0.1, 0.15) is 39.2 Å². The number of carbonyl (C=O) groups excluding carboxylic acids is 2. The van der Waals surface area contributed by atoms with Gasteiger partial charge in [0.25, 0.3) is 0 Å². The molecule has 1 aromatic carbocycles. The zero-order chi connectivity index (χ0) is 16.1. The van der Waals surface area contributed by atoms with Gasteiger partial charge < -0.3 is 14.8 Å². The molecule has 2 aliphatic rings. The van der Waals surface area contributed by atoms with Crippen molar-refractivity contribution >= 4 is 17.6 Å². The molecule has 1 amide bonds. The molecule has 1 aliphatic carbocycles. The maximum Gasteiger partial charge on any atom is 0.230 e. The van der Waals surface area contributed by atoms with Crippen molar-refractivity contribution in [3.63, 3.8) is 0 Å². The number of carboxylic acid groups (broad SMARTS) is 1. The fraction of sp³-hybridized carbons (Fsp3) is 0.556. The Kier molecular flexibility index (Phi) is 3.31. The number of rotatable bonds is 2. The molecule has 0 bridgehead atoms. The second kappa shape index (κ2) is 4.83. The van der Waals surface area contributed by atoms with E-state index in [4.69, 9.17) is 0 Å². The highest BCUT2D eigenvalue weighted by Gasteiger charge is 2.55. The Morgan fingerprint density at radius 1 is 1.23 bits per heavy atom. The van der Waals surface area contributed by atoms with Gasteiger partial charge in [0.05, 0.1) is 0 Å². The number of para-hydroxylation sites is 1. The normalized spacial score (nSPS) is 29.4. The number of hydrogen-bond donors (Lipinski definition) is 0. The highest BCUT2D eigenvalue weighted by molar-refractivity contribution is 5.98. The summed E-state index contributed by atoms with van der Waals surface area (Å²) in [5.74, 6) is -1.27. The SMILES string of the molecule is CC1(C)[C@H](C(=O)N2CCc3ccccc32)CC[C@@]1(C)C(=O)[O-]. The first kappa shape index (κ1) is 15.1. The van der Waals surface area contributed by atoms with Gasteiger partial charge in [-0.2, -0.15) is 0 Å². The average Bonchev–Trinajstić information content (AvgIpc) is 2.99. The average molecular weight is 300 g/mol. The van der Waals surface area contributed by atoms with Gasteiger partial charge in [0, 0.05) is 29.5 Å². The number of anilines is 1. The van der Waals surface area contributed by atoms with Gasteiger partial charge in [-0.25, -0.2) is 0 Å². The van der Waals surface area contributed by atoms with Crippen LogP contribution in [0.15, 0.2) is 24.3 Å². The van der Waals surface area contributed by atoms with E-state index < -0.39 is 16.8 Å². The first-order chi connectivity index (χ1) is 10.3. The van der Waals surface area contributed by atoms with Crippen molar-refractivity contribution in [3.8, 4) is 0 Å². The quantitative estimate of drug-likeness (QED) is 0.836. The topological polar surface area (TPSA) is 60.4 Å². The van der Waals surface area contributed by atoms with Crippen molar-refractivity contribution in [3.05, 3.63) is 29.8 Å². The van der Waals surface area contributed by atoms with Gasteiger partial charge in [-0.1, -0.05) is 39.0 Å². The minimum atomic E-state index is -1.05. The van der Waals surface area contributed by atoms with Gasteiger partial charge in [-0.3, -0.25) is 4.79 Å². The monoisotopic (exact) mass is 300 g/mol. The lowest BCUT2D eigenvalue weighted by atomic mass is 9.65. The van der Waals surface area contributed by atoms with Crippen LogP contribution in [0, 0.1) is 16.7 Å². The second-order valence-electron chi connectivity index (χ2n) is 7.30. The van der Waals surface area contributed by atoms with Gasteiger partial charge >= 0.3 is 0 Å². The lowest BCUT2D eigenvalue weighted by Gasteiger charge is -2.42. The summed E-state index contributed by atoms with van der Waals surface area (Å²) in [6.45, 7) is 6.18. The number of carbonyl (C=O) groups is 2. The number of aliphatic carboxylic acids is 1. The van der Waals surface area contributed by atoms with Gasteiger partial charge in [0.1, 0.15) is 0 Å². The summed E-state index contributed by atoms with van der Waals surface area (Å²) >= 11 is 0. The van der Waals surface area contributed by atoms with E-state index in [2.05, 4.69) is 0 Å². The van der Waals surface area contributed by atoms with E-state index in [9.17, 15) is 14.7 Å². The molecule has 4 nitrogen and oxygen atoms in total.